The van der Waals surface area contributed by atoms with Crippen LogP contribution in [0.4, 0.5) is 5.69 Å². The number of carbonyl (C=O) groups is 2. The molecular weight excluding hydrogens is 340 g/mol. The smallest absolute Gasteiger partial charge is 0.335 e. The number of benzene rings is 1. The fraction of sp³-hybridized carbons (Fsp3) is 0.0714. The number of nitrogens with one attached hydrogen (secondary N) is 1. The predicted octanol–water partition coefficient (Wildman–Crippen LogP) is 1.95. The number of aromatic carboxylic acids is 1. The summed E-state index contributed by atoms with van der Waals surface area (Å²) in [7, 11) is 0. The molecule has 0 spiro atoms. The average molecular weight is 351 g/mol. The normalized spacial score (nSPS) is 10.1. The van der Waals surface area contributed by atoms with Gasteiger partial charge in [-0.25, -0.2) is 4.79 Å². The lowest BCUT2D eigenvalue weighted by Gasteiger charge is -2.08. The molecule has 2 N–H and O–H groups in total. The van der Waals surface area contributed by atoms with Gasteiger partial charge in [0.2, 0.25) is 5.91 Å². The molecule has 1 amide bonds. The number of aromatic nitrogens is 1. The maximum Gasteiger partial charge on any atom is 0.335 e. The Morgan fingerprint density at radius 1 is 1.24 bits per heavy atom. The van der Waals surface area contributed by atoms with E-state index in [-0.39, 0.29) is 17.7 Å². The molecule has 0 aliphatic heterocycles. The van der Waals surface area contributed by atoms with Crippen LogP contribution in [0, 0.1) is 0 Å². The lowest BCUT2D eigenvalue weighted by Crippen LogP contribution is -2.26. The maximum atomic E-state index is 11.9. The highest BCUT2D eigenvalue weighted by atomic mass is 79.9. The number of carbonyl (C=O) groups excluding carboxylic acids is 1. The summed E-state index contributed by atoms with van der Waals surface area (Å²) >= 11 is 3.22. The summed E-state index contributed by atoms with van der Waals surface area (Å²) in [5.41, 5.74) is 0.142. The number of rotatable bonds is 4. The van der Waals surface area contributed by atoms with Crippen molar-refractivity contribution in [3.8, 4) is 0 Å². The summed E-state index contributed by atoms with van der Waals surface area (Å²) in [5, 5.41) is 11.4. The van der Waals surface area contributed by atoms with Gasteiger partial charge in [0.05, 0.1) is 5.56 Å². The Balaban J connectivity index is 2.11. The molecule has 0 bridgehead atoms. The third-order valence-electron chi connectivity index (χ3n) is 2.65. The number of hydrogen-bond acceptors (Lipinski definition) is 3. The van der Waals surface area contributed by atoms with Gasteiger partial charge in [-0.05, 0) is 40.2 Å². The van der Waals surface area contributed by atoms with Gasteiger partial charge in [-0.3, -0.25) is 9.59 Å². The molecule has 0 radical (unpaired) electrons. The second kappa shape index (κ2) is 6.36. The van der Waals surface area contributed by atoms with Crippen LogP contribution in [0.15, 0.2) is 51.9 Å². The van der Waals surface area contributed by atoms with E-state index in [1.165, 1.54) is 35.0 Å². The molecule has 0 atom stereocenters. The number of halogens is 1. The zero-order valence-electron chi connectivity index (χ0n) is 10.7. The molecule has 0 aliphatic carbocycles. The number of pyridine rings is 1. The summed E-state index contributed by atoms with van der Waals surface area (Å²) in [6.45, 7) is -0.157. The van der Waals surface area contributed by atoms with E-state index in [2.05, 4.69) is 21.2 Å². The van der Waals surface area contributed by atoms with E-state index in [1.54, 1.807) is 12.1 Å². The highest BCUT2D eigenvalue weighted by Crippen LogP contribution is 2.11. The molecule has 1 aromatic heterocycles. The lowest BCUT2D eigenvalue weighted by molar-refractivity contribution is -0.116. The molecule has 21 heavy (non-hydrogen) atoms. The molecule has 6 nitrogen and oxygen atoms in total. The van der Waals surface area contributed by atoms with Gasteiger partial charge in [0.15, 0.2) is 0 Å². The Hall–Kier alpha value is -2.41. The molecule has 0 saturated carbocycles. The monoisotopic (exact) mass is 350 g/mol. The minimum Gasteiger partial charge on any atom is -0.478 e. The zero-order valence-corrected chi connectivity index (χ0v) is 12.3. The fourth-order valence-corrected chi connectivity index (χ4v) is 2.09. The Morgan fingerprint density at radius 3 is 2.71 bits per heavy atom. The highest BCUT2D eigenvalue weighted by Gasteiger charge is 2.08. The molecule has 1 heterocycles. The van der Waals surface area contributed by atoms with Crippen LogP contribution in [-0.2, 0) is 11.3 Å². The summed E-state index contributed by atoms with van der Waals surface area (Å²) < 4.78 is 1.93. The molecule has 0 aliphatic rings. The third-order valence-corrected chi connectivity index (χ3v) is 3.12. The first-order valence-corrected chi connectivity index (χ1v) is 6.74. The van der Waals surface area contributed by atoms with Crippen molar-refractivity contribution in [2.24, 2.45) is 0 Å². The minimum atomic E-state index is -1.07. The Morgan fingerprint density at radius 2 is 2.00 bits per heavy atom. The molecule has 2 rings (SSSR count). The number of carboxylic acid groups (broad SMARTS) is 1. The van der Waals surface area contributed by atoms with Crippen molar-refractivity contribution in [1.29, 1.82) is 0 Å². The van der Waals surface area contributed by atoms with Gasteiger partial charge in [0.1, 0.15) is 6.54 Å². The van der Waals surface area contributed by atoms with Crippen LogP contribution in [-0.4, -0.2) is 21.6 Å². The van der Waals surface area contributed by atoms with Crippen LogP contribution in [0.5, 0.6) is 0 Å². The molecular formula is C14H11BrN2O4. The third kappa shape index (κ3) is 4.03. The number of anilines is 1. The van der Waals surface area contributed by atoms with E-state index < -0.39 is 11.9 Å². The first kappa shape index (κ1) is 15.0. The van der Waals surface area contributed by atoms with Crippen molar-refractivity contribution in [2.75, 3.05) is 5.32 Å². The van der Waals surface area contributed by atoms with Gasteiger partial charge < -0.3 is 15.0 Å². The van der Waals surface area contributed by atoms with E-state index in [1.807, 2.05) is 0 Å². The zero-order chi connectivity index (χ0) is 15.4. The first-order valence-electron chi connectivity index (χ1n) is 5.95. The van der Waals surface area contributed by atoms with Gasteiger partial charge in [-0.2, -0.15) is 0 Å². The molecule has 108 valence electrons. The van der Waals surface area contributed by atoms with Crippen LogP contribution in [0.3, 0.4) is 0 Å². The molecule has 1 aromatic carbocycles. The van der Waals surface area contributed by atoms with Crippen molar-refractivity contribution in [3.05, 3.63) is 63.0 Å². The van der Waals surface area contributed by atoms with Crippen molar-refractivity contribution >= 4 is 33.5 Å². The number of nitrogens with zero attached hydrogens (tertiary/aromatic N) is 1. The second-order valence-electron chi connectivity index (χ2n) is 4.25. The largest absolute Gasteiger partial charge is 0.478 e. The SMILES string of the molecule is O=C(Cn1cc(Br)ccc1=O)Nc1cccc(C(=O)O)c1. The van der Waals surface area contributed by atoms with Gasteiger partial charge in [-0.1, -0.05) is 6.07 Å². The van der Waals surface area contributed by atoms with Gasteiger partial charge >= 0.3 is 5.97 Å². The molecule has 0 fully saturated rings. The summed E-state index contributed by atoms with van der Waals surface area (Å²) in [6.07, 6.45) is 1.51. The van der Waals surface area contributed by atoms with E-state index in [0.29, 0.717) is 10.2 Å². The second-order valence-corrected chi connectivity index (χ2v) is 5.16. The Kier molecular flexibility index (Phi) is 4.54. The van der Waals surface area contributed by atoms with Crippen LogP contribution < -0.4 is 10.9 Å². The standard InChI is InChI=1S/C14H11BrN2O4/c15-10-4-5-13(19)17(7-10)8-12(18)16-11-3-1-2-9(6-11)14(20)21/h1-7H,8H2,(H,16,18)(H,20,21). The van der Waals surface area contributed by atoms with Crippen molar-refractivity contribution in [1.82, 2.24) is 4.57 Å². The van der Waals surface area contributed by atoms with E-state index in [4.69, 9.17) is 5.11 Å². The van der Waals surface area contributed by atoms with Crippen molar-refractivity contribution in [2.45, 2.75) is 6.54 Å². The first-order chi connectivity index (χ1) is 9.95. The quantitative estimate of drug-likeness (QED) is 0.881. The van der Waals surface area contributed by atoms with Crippen LogP contribution in [0.25, 0.3) is 0 Å². The molecule has 2 aromatic rings. The van der Waals surface area contributed by atoms with Crippen molar-refractivity contribution < 1.29 is 14.7 Å². The Bertz CT molecular complexity index is 755. The van der Waals surface area contributed by atoms with E-state index in [9.17, 15) is 14.4 Å². The van der Waals surface area contributed by atoms with Crippen LogP contribution in [0.2, 0.25) is 0 Å². The molecule has 0 unspecified atom stereocenters. The van der Waals surface area contributed by atoms with Crippen LogP contribution >= 0.6 is 15.9 Å². The molecule has 0 saturated heterocycles. The predicted molar refractivity (Wildman–Crippen MR) is 80.4 cm³/mol. The summed E-state index contributed by atoms with van der Waals surface area (Å²) in [4.78, 5) is 34.3. The van der Waals surface area contributed by atoms with E-state index >= 15 is 0 Å². The average Bonchev–Trinajstić information content (AvgIpc) is 2.43. The molecule has 7 heteroatoms. The fourth-order valence-electron chi connectivity index (χ4n) is 1.71. The Labute approximate surface area is 128 Å². The number of carboxylic acids is 1. The van der Waals surface area contributed by atoms with E-state index in [0.717, 1.165) is 0 Å². The van der Waals surface area contributed by atoms with Gasteiger partial charge in [0, 0.05) is 22.4 Å². The van der Waals surface area contributed by atoms with Crippen molar-refractivity contribution in [3.63, 3.8) is 0 Å². The number of amides is 1. The summed E-state index contributed by atoms with van der Waals surface area (Å²) in [5.74, 6) is -1.49. The summed E-state index contributed by atoms with van der Waals surface area (Å²) in [6, 6.07) is 8.83. The van der Waals surface area contributed by atoms with Crippen LogP contribution in [0.1, 0.15) is 10.4 Å². The van der Waals surface area contributed by atoms with Gasteiger partial charge in [0.25, 0.3) is 5.56 Å². The maximum absolute atomic E-state index is 11.9. The lowest BCUT2D eigenvalue weighted by atomic mass is 10.2. The highest BCUT2D eigenvalue weighted by molar-refractivity contribution is 9.10. The topological polar surface area (TPSA) is 88.4 Å². The minimum absolute atomic E-state index is 0.0763. The number of hydrogen-bond donors (Lipinski definition) is 2. The van der Waals surface area contributed by atoms with Gasteiger partial charge in [-0.15, -0.1) is 0 Å².